The third-order valence-electron chi connectivity index (χ3n) is 3.94. The van der Waals surface area contributed by atoms with Crippen molar-refractivity contribution in [2.24, 2.45) is 0 Å². The number of rotatable bonds is 8. The molecule has 7 nitrogen and oxygen atoms in total. The zero-order valence-electron chi connectivity index (χ0n) is 16.3. The number of thiazole rings is 1. The van der Waals surface area contributed by atoms with Crippen molar-refractivity contribution in [3.05, 3.63) is 71.2 Å². The number of hydrogen-bond acceptors (Lipinski definition) is 7. The van der Waals surface area contributed by atoms with Crippen LogP contribution in [-0.2, 0) is 25.5 Å². The van der Waals surface area contributed by atoms with Crippen molar-refractivity contribution < 1.29 is 23.9 Å². The number of ether oxygens (including phenoxy) is 2. The summed E-state index contributed by atoms with van der Waals surface area (Å²) in [6.07, 6.45) is -0.00908. The van der Waals surface area contributed by atoms with Gasteiger partial charge in [-0.2, -0.15) is 0 Å². The lowest BCUT2D eigenvalue weighted by atomic mass is 10.2. The molecule has 0 bridgehead atoms. The molecule has 0 aliphatic carbocycles. The molecule has 0 spiro atoms. The van der Waals surface area contributed by atoms with Gasteiger partial charge in [0.2, 0.25) is 0 Å². The van der Waals surface area contributed by atoms with Crippen LogP contribution < -0.4 is 5.32 Å². The maximum absolute atomic E-state index is 12.0. The number of benzene rings is 2. The molecule has 0 radical (unpaired) electrons. The number of anilines is 1. The van der Waals surface area contributed by atoms with E-state index in [2.05, 4.69) is 10.3 Å². The van der Waals surface area contributed by atoms with Gasteiger partial charge in [0.15, 0.2) is 6.61 Å². The summed E-state index contributed by atoms with van der Waals surface area (Å²) < 4.78 is 9.93. The highest BCUT2D eigenvalue weighted by Gasteiger charge is 2.13. The Labute approximate surface area is 177 Å². The smallest absolute Gasteiger partial charge is 0.338 e. The molecule has 0 atom stereocenters. The monoisotopic (exact) mass is 424 g/mol. The Morgan fingerprint density at radius 3 is 2.43 bits per heavy atom. The van der Waals surface area contributed by atoms with Crippen molar-refractivity contribution in [2.75, 3.05) is 18.5 Å². The van der Waals surface area contributed by atoms with Crippen molar-refractivity contribution in [1.29, 1.82) is 0 Å². The average molecular weight is 424 g/mol. The van der Waals surface area contributed by atoms with Gasteiger partial charge >= 0.3 is 11.9 Å². The van der Waals surface area contributed by atoms with Crippen molar-refractivity contribution in [3.63, 3.8) is 0 Å². The zero-order valence-corrected chi connectivity index (χ0v) is 17.1. The molecule has 30 heavy (non-hydrogen) atoms. The average Bonchev–Trinajstić information content (AvgIpc) is 3.22. The van der Waals surface area contributed by atoms with E-state index in [4.69, 9.17) is 9.47 Å². The molecule has 1 heterocycles. The van der Waals surface area contributed by atoms with Gasteiger partial charge in [-0.1, -0.05) is 30.3 Å². The molecular formula is C22H20N2O5S. The molecule has 154 valence electrons. The van der Waals surface area contributed by atoms with Gasteiger partial charge in [0.25, 0.3) is 5.91 Å². The van der Waals surface area contributed by atoms with E-state index in [1.807, 2.05) is 30.3 Å². The van der Waals surface area contributed by atoms with E-state index in [0.29, 0.717) is 16.9 Å². The SMILES string of the molecule is CCOC(=O)c1ccc(NC(=O)COC(=O)Cc2csc(-c3ccccc3)n2)cc1. The Balaban J connectivity index is 1.45. The fraction of sp³-hybridized carbons (Fsp3) is 0.182. The molecule has 0 saturated carbocycles. The summed E-state index contributed by atoms with van der Waals surface area (Å²) in [5.74, 6) is -1.44. The molecule has 1 aromatic heterocycles. The third kappa shape index (κ3) is 5.99. The summed E-state index contributed by atoms with van der Waals surface area (Å²) in [4.78, 5) is 40.0. The molecule has 0 aliphatic heterocycles. The highest BCUT2D eigenvalue weighted by atomic mass is 32.1. The van der Waals surface area contributed by atoms with Crippen molar-refractivity contribution in [3.8, 4) is 10.6 Å². The fourth-order valence-corrected chi connectivity index (χ4v) is 3.37. The molecule has 0 unspecified atom stereocenters. The van der Waals surface area contributed by atoms with Crippen LogP contribution >= 0.6 is 11.3 Å². The number of carbonyl (C=O) groups excluding carboxylic acids is 3. The number of nitrogens with one attached hydrogen (secondary N) is 1. The Morgan fingerprint density at radius 2 is 1.73 bits per heavy atom. The van der Waals surface area contributed by atoms with Crippen molar-refractivity contribution in [2.45, 2.75) is 13.3 Å². The molecule has 3 rings (SSSR count). The second-order valence-corrected chi connectivity index (χ2v) is 7.05. The summed E-state index contributed by atoms with van der Waals surface area (Å²) in [6, 6.07) is 15.9. The predicted molar refractivity (Wildman–Crippen MR) is 113 cm³/mol. The van der Waals surface area contributed by atoms with Gasteiger partial charge in [-0.05, 0) is 31.2 Å². The van der Waals surface area contributed by atoms with Crippen molar-refractivity contribution in [1.82, 2.24) is 4.98 Å². The highest BCUT2D eigenvalue weighted by molar-refractivity contribution is 7.13. The number of aromatic nitrogens is 1. The minimum Gasteiger partial charge on any atom is -0.462 e. The Hall–Kier alpha value is -3.52. The first-order valence-corrected chi connectivity index (χ1v) is 10.2. The van der Waals surface area contributed by atoms with Crippen LogP contribution in [0.2, 0.25) is 0 Å². The number of nitrogens with zero attached hydrogens (tertiary/aromatic N) is 1. The maximum atomic E-state index is 12.0. The fourth-order valence-electron chi connectivity index (χ4n) is 2.55. The van der Waals surface area contributed by atoms with Crippen molar-refractivity contribution >= 4 is 34.9 Å². The number of esters is 2. The third-order valence-corrected chi connectivity index (χ3v) is 4.88. The summed E-state index contributed by atoms with van der Waals surface area (Å²) >= 11 is 1.45. The summed E-state index contributed by atoms with van der Waals surface area (Å²) in [5.41, 5.74) is 2.45. The largest absolute Gasteiger partial charge is 0.462 e. The minimum absolute atomic E-state index is 0.00908. The van der Waals surface area contributed by atoms with Crippen LogP contribution in [0.5, 0.6) is 0 Å². The highest BCUT2D eigenvalue weighted by Crippen LogP contribution is 2.23. The maximum Gasteiger partial charge on any atom is 0.338 e. The Morgan fingerprint density at radius 1 is 1.00 bits per heavy atom. The number of amides is 1. The molecule has 0 saturated heterocycles. The van der Waals surface area contributed by atoms with Gasteiger partial charge in [0.05, 0.1) is 24.3 Å². The topological polar surface area (TPSA) is 94.6 Å². The summed E-state index contributed by atoms with van der Waals surface area (Å²) in [5, 5.41) is 5.23. The van der Waals surface area contributed by atoms with Crippen LogP contribution in [0, 0.1) is 0 Å². The lowest BCUT2D eigenvalue weighted by Crippen LogP contribution is -2.21. The van der Waals surface area contributed by atoms with E-state index in [1.165, 1.54) is 11.3 Å². The predicted octanol–water partition coefficient (Wildman–Crippen LogP) is 3.71. The van der Waals surface area contributed by atoms with Gasteiger partial charge in [-0.3, -0.25) is 9.59 Å². The van der Waals surface area contributed by atoms with Gasteiger partial charge < -0.3 is 14.8 Å². The van der Waals surface area contributed by atoms with Gasteiger partial charge in [0.1, 0.15) is 5.01 Å². The molecule has 1 N–H and O–H groups in total. The molecule has 0 aliphatic rings. The van der Waals surface area contributed by atoms with Crippen LogP contribution in [0.3, 0.4) is 0 Å². The first kappa shape index (κ1) is 21.2. The first-order valence-electron chi connectivity index (χ1n) is 9.27. The Bertz CT molecular complexity index is 1020. The van der Waals surface area contributed by atoms with Gasteiger partial charge in [-0.15, -0.1) is 11.3 Å². The molecule has 2 aromatic carbocycles. The van der Waals surface area contributed by atoms with E-state index < -0.39 is 24.5 Å². The summed E-state index contributed by atoms with van der Waals surface area (Å²) in [7, 11) is 0. The number of carbonyl (C=O) groups is 3. The van der Waals surface area contributed by atoms with Crippen LogP contribution in [0.1, 0.15) is 23.0 Å². The van der Waals surface area contributed by atoms with Crippen LogP contribution in [0.15, 0.2) is 60.0 Å². The van der Waals surface area contributed by atoms with Crippen LogP contribution in [-0.4, -0.2) is 36.0 Å². The molecule has 3 aromatic rings. The molecule has 1 amide bonds. The van der Waals surface area contributed by atoms with Crippen LogP contribution in [0.25, 0.3) is 10.6 Å². The van der Waals surface area contributed by atoms with Gasteiger partial charge in [-0.25, -0.2) is 9.78 Å². The second kappa shape index (κ2) is 10.3. The standard InChI is InChI=1S/C22H20N2O5S/c1-2-28-22(27)16-8-10-17(11-9-16)23-19(25)13-29-20(26)12-18-14-30-21(24-18)15-6-4-3-5-7-15/h3-11,14H,2,12-13H2,1H3,(H,23,25). The molecular weight excluding hydrogens is 404 g/mol. The molecule has 8 heteroatoms. The lowest BCUT2D eigenvalue weighted by Gasteiger charge is -2.07. The van der Waals surface area contributed by atoms with E-state index in [-0.39, 0.29) is 13.0 Å². The van der Waals surface area contributed by atoms with Crippen LogP contribution in [0.4, 0.5) is 5.69 Å². The van der Waals surface area contributed by atoms with E-state index >= 15 is 0 Å². The van der Waals surface area contributed by atoms with E-state index in [1.54, 1.807) is 36.6 Å². The van der Waals surface area contributed by atoms with E-state index in [9.17, 15) is 14.4 Å². The van der Waals surface area contributed by atoms with E-state index in [0.717, 1.165) is 10.6 Å². The summed E-state index contributed by atoms with van der Waals surface area (Å²) in [6.45, 7) is 1.61. The minimum atomic E-state index is -0.535. The number of hydrogen-bond donors (Lipinski definition) is 1. The zero-order chi connectivity index (χ0) is 21.3. The lowest BCUT2D eigenvalue weighted by molar-refractivity contribution is -0.146. The Kier molecular flexibility index (Phi) is 7.29. The molecule has 0 fully saturated rings. The van der Waals surface area contributed by atoms with Gasteiger partial charge in [0, 0.05) is 16.6 Å². The normalized spacial score (nSPS) is 10.3. The first-order chi connectivity index (χ1) is 14.5. The quantitative estimate of drug-likeness (QED) is 0.554. The second-order valence-electron chi connectivity index (χ2n) is 6.19.